The SMILES string of the molecule is Cc1ccc(C(N)CS(=O)c2ccc(Cl)c(Cl)c2)cc1. The summed E-state index contributed by atoms with van der Waals surface area (Å²) in [7, 11) is -1.21. The fourth-order valence-electron chi connectivity index (χ4n) is 1.79. The third-order valence-electron chi connectivity index (χ3n) is 2.99. The Hall–Kier alpha value is -0.870. The molecular weight excluding hydrogens is 313 g/mol. The van der Waals surface area contributed by atoms with E-state index in [0.717, 1.165) is 5.56 Å². The van der Waals surface area contributed by atoms with Gasteiger partial charge in [0, 0.05) is 16.7 Å². The highest BCUT2D eigenvalue weighted by molar-refractivity contribution is 7.85. The maximum atomic E-state index is 12.3. The van der Waals surface area contributed by atoms with Gasteiger partial charge in [-0.25, -0.2) is 0 Å². The van der Waals surface area contributed by atoms with Gasteiger partial charge >= 0.3 is 0 Å². The fraction of sp³-hybridized carbons (Fsp3) is 0.200. The van der Waals surface area contributed by atoms with Gasteiger partial charge in [-0.05, 0) is 30.7 Å². The Balaban J connectivity index is 2.10. The number of rotatable bonds is 4. The Kier molecular flexibility index (Phi) is 5.22. The van der Waals surface area contributed by atoms with Crippen LogP contribution in [0.2, 0.25) is 10.0 Å². The highest BCUT2D eigenvalue weighted by atomic mass is 35.5. The summed E-state index contributed by atoms with van der Waals surface area (Å²) < 4.78 is 12.3. The quantitative estimate of drug-likeness (QED) is 0.918. The smallest absolute Gasteiger partial charge is 0.0604 e. The molecule has 2 atom stereocenters. The Morgan fingerprint density at radius 3 is 2.35 bits per heavy atom. The molecule has 0 heterocycles. The van der Waals surface area contributed by atoms with Crippen molar-refractivity contribution in [2.24, 2.45) is 5.73 Å². The van der Waals surface area contributed by atoms with Crippen LogP contribution in [0, 0.1) is 6.92 Å². The lowest BCUT2D eigenvalue weighted by molar-refractivity contribution is 0.675. The second kappa shape index (κ2) is 6.72. The van der Waals surface area contributed by atoms with E-state index in [-0.39, 0.29) is 6.04 Å². The van der Waals surface area contributed by atoms with Crippen molar-refractivity contribution in [1.82, 2.24) is 0 Å². The number of halogens is 2. The maximum absolute atomic E-state index is 12.3. The highest BCUT2D eigenvalue weighted by Crippen LogP contribution is 2.25. The number of hydrogen-bond acceptors (Lipinski definition) is 2. The fourth-order valence-corrected chi connectivity index (χ4v) is 3.33. The van der Waals surface area contributed by atoms with Crippen molar-refractivity contribution < 1.29 is 4.21 Å². The van der Waals surface area contributed by atoms with E-state index in [0.29, 0.717) is 20.7 Å². The molecule has 2 nitrogen and oxygen atoms in total. The van der Waals surface area contributed by atoms with Crippen molar-refractivity contribution in [3.63, 3.8) is 0 Å². The first-order valence-corrected chi connectivity index (χ1v) is 8.20. The van der Waals surface area contributed by atoms with Gasteiger partial charge in [0.2, 0.25) is 0 Å². The van der Waals surface area contributed by atoms with Gasteiger partial charge < -0.3 is 5.73 Å². The normalized spacial score (nSPS) is 14.0. The lowest BCUT2D eigenvalue weighted by Gasteiger charge is -2.12. The van der Waals surface area contributed by atoms with Gasteiger partial charge in [0.25, 0.3) is 0 Å². The van der Waals surface area contributed by atoms with Crippen LogP contribution >= 0.6 is 23.2 Å². The molecule has 2 unspecified atom stereocenters. The van der Waals surface area contributed by atoms with Crippen LogP contribution in [0.1, 0.15) is 17.2 Å². The van der Waals surface area contributed by atoms with Gasteiger partial charge in [-0.3, -0.25) is 4.21 Å². The molecule has 0 saturated carbocycles. The van der Waals surface area contributed by atoms with Gasteiger partial charge in [0.15, 0.2) is 0 Å². The minimum absolute atomic E-state index is 0.272. The molecule has 0 bridgehead atoms. The molecule has 0 aliphatic carbocycles. The molecule has 2 rings (SSSR count). The molecule has 0 aliphatic rings. The first-order chi connectivity index (χ1) is 9.47. The number of benzene rings is 2. The van der Waals surface area contributed by atoms with E-state index in [1.165, 1.54) is 5.56 Å². The molecule has 0 aliphatic heterocycles. The molecule has 5 heteroatoms. The van der Waals surface area contributed by atoms with Crippen molar-refractivity contribution in [2.75, 3.05) is 5.75 Å². The van der Waals surface area contributed by atoms with Crippen LogP contribution in [-0.4, -0.2) is 9.96 Å². The van der Waals surface area contributed by atoms with Crippen molar-refractivity contribution in [1.29, 1.82) is 0 Å². The molecule has 0 spiro atoms. The lowest BCUT2D eigenvalue weighted by Crippen LogP contribution is -2.18. The summed E-state index contributed by atoms with van der Waals surface area (Å²) in [6.07, 6.45) is 0. The molecule has 0 radical (unpaired) electrons. The third kappa shape index (κ3) is 3.83. The Morgan fingerprint density at radius 1 is 1.10 bits per heavy atom. The van der Waals surface area contributed by atoms with Crippen LogP contribution in [0.25, 0.3) is 0 Å². The monoisotopic (exact) mass is 327 g/mol. The van der Waals surface area contributed by atoms with Crippen molar-refractivity contribution in [2.45, 2.75) is 17.9 Å². The highest BCUT2D eigenvalue weighted by Gasteiger charge is 2.13. The van der Waals surface area contributed by atoms with E-state index >= 15 is 0 Å². The molecule has 0 aromatic heterocycles. The molecule has 106 valence electrons. The summed E-state index contributed by atoms with van der Waals surface area (Å²) in [4.78, 5) is 0.641. The van der Waals surface area contributed by atoms with E-state index in [2.05, 4.69) is 0 Å². The molecule has 0 saturated heterocycles. The summed E-state index contributed by atoms with van der Waals surface area (Å²) in [5, 5.41) is 0.858. The zero-order valence-corrected chi connectivity index (χ0v) is 13.3. The zero-order chi connectivity index (χ0) is 14.7. The van der Waals surface area contributed by atoms with Crippen LogP contribution in [0.4, 0.5) is 0 Å². The third-order valence-corrected chi connectivity index (χ3v) is 5.17. The van der Waals surface area contributed by atoms with Gasteiger partial charge in [0.1, 0.15) is 0 Å². The summed E-state index contributed by atoms with van der Waals surface area (Å²) in [6, 6.07) is 12.6. The summed E-state index contributed by atoms with van der Waals surface area (Å²) in [5.41, 5.74) is 8.25. The van der Waals surface area contributed by atoms with Crippen LogP contribution in [0.15, 0.2) is 47.4 Å². The average Bonchev–Trinajstić information content (AvgIpc) is 2.42. The van der Waals surface area contributed by atoms with E-state index in [1.807, 2.05) is 31.2 Å². The van der Waals surface area contributed by atoms with E-state index in [1.54, 1.807) is 18.2 Å². The average molecular weight is 328 g/mol. The zero-order valence-electron chi connectivity index (χ0n) is 11.0. The van der Waals surface area contributed by atoms with Crippen molar-refractivity contribution >= 4 is 34.0 Å². The number of nitrogens with two attached hydrogens (primary N) is 1. The largest absolute Gasteiger partial charge is 0.323 e. The minimum atomic E-state index is -1.21. The van der Waals surface area contributed by atoms with E-state index in [9.17, 15) is 4.21 Å². The molecule has 2 aromatic rings. The predicted molar refractivity (Wildman–Crippen MR) is 85.8 cm³/mol. The molecule has 20 heavy (non-hydrogen) atoms. The minimum Gasteiger partial charge on any atom is -0.323 e. The first kappa shape index (κ1) is 15.5. The van der Waals surface area contributed by atoms with Crippen molar-refractivity contribution in [3.05, 3.63) is 63.6 Å². The second-order valence-electron chi connectivity index (χ2n) is 4.61. The summed E-state index contributed by atoms with van der Waals surface area (Å²) in [6.45, 7) is 2.02. The van der Waals surface area contributed by atoms with Crippen LogP contribution < -0.4 is 5.73 Å². The van der Waals surface area contributed by atoms with Gasteiger partial charge in [-0.2, -0.15) is 0 Å². The Morgan fingerprint density at radius 2 is 1.75 bits per heavy atom. The first-order valence-electron chi connectivity index (χ1n) is 6.13. The van der Waals surface area contributed by atoms with Gasteiger partial charge in [-0.1, -0.05) is 53.0 Å². The second-order valence-corrected chi connectivity index (χ2v) is 6.92. The Bertz CT molecular complexity index is 628. The Labute approximate surface area is 131 Å². The molecule has 2 N–H and O–H groups in total. The topological polar surface area (TPSA) is 43.1 Å². The molecule has 0 amide bonds. The van der Waals surface area contributed by atoms with E-state index in [4.69, 9.17) is 28.9 Å². The standard InChI is InChI=1S/C15H15Cl2NOS/c1-10-2-4-11(5-3-10)15(18)9-20(19)12-6-7-13(16)14(17)8-12/h2-8,15H,9,18H2,1H3. The molecule has 2 aromatic carbocycles. The maximum Gasteiger partial charge on any atom is 0.0604 e. The van der Waals surface area contributed by atoms with Crippen LogP contribution in [0.3, 0.4) is 0 Å². The predicted octanol–water partition coefficient (Wildman–Crippen LogP) is 4.11. The van der Waals surface area contributed by atoms with Crippen LogP contribution in [-0.2, 0) is 10.8 Å². The number of hydrogen-bond donors (Lipinski definition) is 1. The molecule has 0 fully saturated rings. The summed E-state index contributed by atoms with van der Waals surface area (Å²) in [5.74, 6) is 0.348. The lowest BCUT2D eigenvalue weighted by atomic mass is 10.1. The number of aryl methyl sites for hydroxylation is 1. The van der Waals surface area contributed by atoms with Crippen molar-refractivity contribution in [3.8, 4) is 0 Å². The van der Waals surface area contributed by atoms with E-state index < -0.39 is 10.8 Å². The molecular formula is C15H15Cl2NOS. The van der Waals surface area contributed by atoms with Crippen LogP contribution in [0.5, 0.6) is 0 Å². The van der Waals surface area contributed by atoms with Gasteiger partial charge in [0.05, 0.1) is 20.8 Å². The van der Waals surface area contributed by atoms with Gasteiger partial charge in [-0.15, -0.1) is 0 Å². The summed E-state index contributed by atoms with van der Waals surface area (Å²) >= 11 is 11.8.